The number of para-hydroxylation sites is 1. The van der Waals surface area contributed by atoms with Crippen LogP contribution in [-0.4, -0.2) is 40.5 Å². The first-order valence-electron chi connectivity index (χ1n) is 11.7. The molecule has 0 saturated carbocycles. The molecule has 1 aliphatic rings. The molecule has 5 rings (SSSR count). The van der Waals surface area contributed by atoms with Gasteiger partial charge < -0.3 is 14.1 Å². The average Bonchev–Trinajstić information content (AvgIpc) is 3.32. The summed E-state index contributed by atoms with van der Waals surface area (Å²) in [6, 6.07) is 22.3. The fourth-order valence-electron chi connectivity index (χ4n) is 4.04. The Kier molecular flexibility index (Phi) is 6.86. The van der Waals surface area contributed by atoms with Crippen molar-refractivity contribution < 1.29 is 18.7 Å². The Morgan fingerprint density at radius 2 is 1.72 bits per heavy atom. The molecule has 0 aliphatic carbocycles. The van der Waals surface area contributed by atoms with Crippen LogP contribution < -0.4 is 4.90 Å². The average molecular weight is 500 g/mol. The molecule has 182 valence electrons. The van der Waals surface area contributed by atoms with Crippen molar-refractivity contribution in [2.75, 3.05) is 18.1 Å². The van der Waals surface area contributed by atoms with Crippen molar-refractivity contribution in [1.29, 1.82) is 0 Å². The van der Waals surface area contributed by atoms with Crippen molar-refractivity contribution in [1.82, 2.24) is 10.2 Å². The summed E-state index contributed by atoms with van der Waals surface area (Å²) in [7, 11) is 0. The van der Waals surface area contributed by atoms with E-state index in [9.17, 15) is 9.59 Å². The van der Waals surface area contributed by atoms with E-state index in [1.807, 2.05) is 55.5 Å². The number of carbonyl (C=O) groups excluding carboxylic acids is 2. The number of esters is 1. The summed E-state index contributed by atoms with van der Waals surface area (Å²) < 4.78 is 11.2. The second kappa shape index (κ2) is 10.4. The van der Waals surface area contributed by atoms with Crippen LogP contribution in [0, 0.1) is 6.92 Å². The molecule has 1 aromatic heterocycles. The van der Waals surface area contributed by atoms with Crippen LogP contribution in [-0.2, 0) is 9.53 Å². The van der Waals surface area contributed by atoms with Gasteiger partial charge in [0.2, 0.25) is 11.8 Å². The molecule has 1 unspecified atom stereocenters. The lowest BCUT2D eigenvalue weighted by Gasteiger charge is -2.22. The summed E-state index contributed by atoms with van der Waals surface area (Å²) in [6.45, 7) is 4.40. The van der Waals surface area contributed by atoms with Gasteiger partial charge in [0.25, 0.3) is 5.91 Å². The largest absolute Gasteiger partial charge is 0.452 e. The summed E-state index contributed by atoms with van der Waals surface area (Å²) in [4.78, 5) is 28.3. The maximum Gasteiger partial charge on any atom is 0.338 e. The topological polar surface area (TPSA) is 85.5 Å². The minimum Gasteiger partial charge on any atom is -0.452 e. The molecule has 3 aromatic carbocycles. The lowest BCUT2D eigenvalue weighted by Crippen LogP contribution is -2.35. The number of anilines is 1. The number of aryl methyl sites for hydroxylation is 1. The van der Waals surface area contributed by atoms with Crippen LogP contribution in [0.25, 0.3) is 22.9 Å². The zero-order valence-electron chi connectivity index (χ0n) is 20.0. The Labute approximate surface area is 213 Å². The SMILES string of the molecule is Cc1ccccc1-c1nnc(-c2ccc(C(=O)OCC(=O)N3CCC(C)Sc4ccccc43)cc2)o1. The van der Waals surface area contributed by atoms with Crippen LogP contribution in [0.3, 0.4) is 0 Å². The van der Waals surface area contributed by atoms with Gasteiger partial charge in [0.15, 0.2) is 6.61 Å². The summed E-state index contributed by atoms with van der Waals surface area (Å²) in [5.41, 5.74) is 3.80. The molecule has 7 nitrogen and oxygen atoms in total. The summed E-state index contributed by atoms with van der Waals surface area (Å²) >= 11 is 1.76. The third-order valence-corrected chi connectivity index (χ3v) is 7.28. The molecule has 8 heteroatoms. The van der Waals surface area contributed by atoms with Crippen LogP contribution in [0.2, 0.25) is 0 Å². The van der Waals surface area contributed by atoms with Crippen LogP contribution in [0.5, 0.6) is 0 Å². The fourth-order valence-corrected chi connectivity index (χ4v) is 5.16. The monoisotopic (exact) mass is 499 g/mol. The van der Waals surface area contributed by atoms with E-state index >= 15 is 0 Å². The van der Waals surface area contributed by atoms with Crippen molar-refractivity contribution in [2.24, 2.45) is 0 Å². The van der Waals surface area contributed by atoms with E-state index in [0.29, 0.717) is 34.7 Å². The highest BCUT2D eigenvalue weighted by Gasteiger charge is 2.25. The van der Waals surface area contributed by atoms with E-state index in [-0.39, 0.29) is 12.5 Å². The van der Waals surface area contributed by atoms with Gasteiger partial charge >= 0.3 is 5.97 Å². The number of rotatable bonds is 5. The van der Waals surface area contributed by atoms with Crippen molar-refractivity contribution in [3.63, 3.8) is 0 Å². The van der Waals surface area contributed by atoms with Crippen LogP contribution >= 0.6 is 11.8 Å². The Hall–Kier alpha value is -3.91. The van der Waals surface area contributed by atoms with Gasteiger partial charge in [-0.1, -0.05) is 37.3 Å². The third-order valence-electron chi connectivity index (χ3n) is 6.04. The van der Waals surface area contributed by atoms with Gasteiger partial charge in [-0.25, -0.2) is 4.79 Å². The van der Waals surface area contributed by atoms with Crippen molar-refractivity contribution in [3.05, 3.63) is 83.9 Å². The molecular formula is C28H25N3O4S. The Morgan fingerprint density at radius 1 is 1.00 bits per heavy atom. The summed E-state index contributed by atoms with van der Waals surface area (Å²) in [5, 5.41) is 8.69. The Balaban J connectivity index is 1.23. The van der Waals surface area contributed by atoms with E-state index < -0.39 is 5.97 Å². The van der Waals surface area contributed by atoms with Crippen LogP contribution in [0.4, 0.5) is 5.69 Å². The quantitative estimate of drug-likeness (QED) is 0.322. The van der Waals surface area contributed by atoms with E-state index in [1.165, 1.54) is 0 Å². The highest BCUT2D eigenvalue weighted by Crippen LogP contribution is 2.37. The van der Waals surface area contributed by atoms with Gasteiger partial charge in [-0.15, -0.1) is 22.0 Å². The predicted molar refractivity (Wildman–Crippen MR) is 139 cm³/mol. The smallest absolute Gasteiger partial charge is 0.338 e. The van der Waals surface area contributed by atoms with E-state index in [2.05, 4.69) is 17.1 Å². The fraction of sp³-hybridized carbons (Fsp3) is 0.214. The molecule has 1 aliphatic heterocycles. The number of ether oxygens (including phenoxy) is 1. The molecule has 0 radical (unpaired) electrons. The first-order valence-corrected chi connectivity index (χ1v) is 12.6. The molecule has 2 heterocycles. The maximum absolute atomic E-state index is 13.0. The number of benzene rings is 3. The number of fused-ring (bicyclic) bond motifs is 1. The van der Waals surface area contributed by atoms with Gasteiger partial charge in [-0.2, -0.15) is 0 Å². The number of amides is 1. The number of nitrogens with zero attached hydrogens (tertiary/aromatic N) is 3. The van der Waals surface area contributed by atoms with Gasteiger partial charge in [0, 0.05) is 27.8 Å². The maximum atomic E-state index is 13.0. The van der Waals surface area contributed by atoms with Crippen molar-refractivity contribution >= 4 is 29.3 Å². The van der Waals surface area contributed by atoms with Gasteiger partial charge in [0.05, 0.1) is 11.3 Å². The molecule has 4 aromatic rings. The molecule has 0 spiro atoms. The van der Waals surface area contributed by atoms with E-state index in [0.717, 1.165) is 28.1 Å². The van der Waals surface area contributed by atoms with E-state index in [4.69, 9.17) is 9.15 Å². The minimum atomic E-state index is -0.563. The minimum absolute atomic E-state index is 0.239. The van der Waals surface area contributed by atoms with Crippen LogP contribution in [0.15, 0.2) is 82.1 Å². The van der Waals surface area contributed by atoms with Gasteiger partial charge in [-0.05, 0) is 61.4 Å². The predicted octanol–water partition coefficient (Wildman–Crippen LogP) is 5.79. The normalized spacial score (nSPS) is 15.2. The molecule has 0 bridgehead atoms. The van der Waals surface area contributed by atoms with Crippen molar-refractivity contribution in [3.8, 4) is 22.9 Å². The standard InChI is InChI=1S/C28H25N3O4S/c1-18-7-3-4-8-22(18)27-30-29-26(35-27)20-11-13-21(14-12-20)28(33)34-17-25(32)31-16-15-19(2)36-24-10-6-5-9-23(24)31/h3-14,19H,15-17H2,1-2H3. The lowest BCUT2D eigenvalue weighted by molar-refractivity contribution is -0.121. The molecule has 1 atom stereocenters. The number of carbonyl (C=O) groups is 2. The van der Waals surface area contributed by atoms with Gasteiger partial charge in [0.1, 0.15) is 0 Å². The zero-order valence-corrected chi connectivity index (χ0v) is 20.8. The van der Waals surface area contributed by atoms with Gasteiger partial charge in [-0.3, -0.25) is 4.79 Å². The number of aromatic nitrogens is 2. The molecular weight excluding hydrogens is 474 g/mol. The highest BCUT2D eigenvalue weighted by molar-refractivity contribution is 8.00. The second-order valence-electron chi connectivity index (χ2n) is 8.61. The molecule has 0 saturated heterocycles. The Bertz CT molecular complexity index is 1400. The summed E-state index contributed by atoms with van der Waals surface area (Å²) in [5.74, 6) is -0.00755. The molecule has 36 heavy (non-hydrogen) atoms. The first-order chi connectivity index (χ1) is 17.5. The second-order valence-corrected chi connectivity index (χ2v) is 10.1. The van der Waals surface area contributed by atoms with Crippen molar-refractivity contribution in [2.45, 2.75) is 30.4 Å². The summed E-state index contributed by atoms with van der Waals surface area (Å²) in [6.07, 6.45) is 0.863. The first kappa shape index (κ1) is 23.8. The lowest BCUT2D eigenvalue weighted by atomic mass is 10.1. The van der Waals surface area contributed by atoms with E-state index in [1.54, 1.807) is 40.9 Å². The number of thioether (sulfide) groups is 1. The highest BCUT2D eigenvalue weighted by atomic mass is 32.2. The number of hydrogen-bond acceptors (Lipinski definition) is 7. The number of hydrogen-bond donors (Lipinski definition) is 0. The zero-order chi connectivity index (χ0) is 25.1. The third kappa shape index (κ3) is 5.04. The molecule has 0 fully saturated rings. The Morgan fingerprint density at radius 3 is 2.53 bits per heavy atom. The molecule has 0 N–H and O–H groups in total. The van der Waals surface area contributed by atoms with Crippen LogP contribution in [0.1, 0.15) is 29.3 Å². The molecule has 1 amide bonds.